The molecule has 7 nitrogen and oxygen atoms in total. The zero-order valence-electron chi connectivity index (χ0n) is 24.0. The second kappa shape index (κ2) is 20.0. The van der Waals surface area contributed by atoms with Crippen LogP contribution in [0, 0.1) is 0 Å². The van der Waals surface area contributed by atoms with Crippen molar-refractivity contribution in [1.29, 1.82) is 0 Å². The normalized spacial score (nSPS) is 26.8. The number of quaternary nitrogens is 1. The molecule has 0 aliphatic carbocycles. The third kappa shape index (κ3) is 21.6. The first-order valence-corrected chi connectivity index (χ1v) is 16.0. The van der Waals surface area contributed by atoms with E-state index < -0.39 is 19.9 Å². The van der Waals surface area contributed by atoms with E-state index in [0.717, 1.165) is 32.1 Å². The van der Waals surface area contributed by atoms with Gasteiger partial charge in [0.05, 0.1) is 33.7 Å². The molecule has 1 aliphatic rings. The van der Waals surface area contributed by atoms with Gasteiger partial charge in [0.15, 0.2) is 0 Å². The van der Waals surface area contributed by atoms with Gasteiger partial charge >= 0.3 is 5.97 Å². The van der Waals surface area contributed by atoms with Crippen molar-refractivity contribution in [3.63, 3.8) is 0 Å². The van der Waals surface area contributed by atoms with Crippen molar-refractivity contribution in [1.82, 2.24) is 0 Å². The number of phosphoric ester groups is 1. The molecule has 0 aromatic carbocycles. The Morgan fingerprint density at radius 1 is 0.892 bits per heavy atom. The standard InChI is InChI=1S/C29H54NO6P/c1-27-22-20-18-16-14-12-10-8-6-5-7-9-11-13-15-17-19-21-23-28(26-29(31)35-27)36-37(32,33)34-25-24-30(2,3)4/h10,12,18,20,27-28H,5-9,11,13-17,19,21-26H2,1-4H3/b12-10-,20-18+. The molecular formula is C29H54NO6P. The maximum Gasteiger partial charge on any atom is 0.308 e. The van der Waals surface area contributed by atoms with Crippen molar-refractivity contribution in [2.75, 3.05) is 34.3 Å². The molecule has 1 rings (SSSR count). The minimum absolute atomic E-state index is 0.0423. The zero-order chi connectivity index (χ0) is 27.4. The largest absolute Gasteiger partial charge is 0.756 e. The van der Waals surface area contributed by atoms with Crippen LogP contribution < -0.4 is 4.89 Å². The molecule has 3 atom stereocenters. The summed E-state index contributed by atoms with van der Waals surface area (Å²) < 4.78 is 29.0. The number of likely N-dealkylation sites (N-methyl/N-ethyl adjacent to an activating group) is 1. The van der Waals surface area contributed by atoms with E-state index in [1.54, 1.807) is 0 Å². The minimum Gasteiger partial charge on any atom is -0.756 e. The van der Waals surface area contributed by atoms with Crippen molar-refractivity contribution in [3.05, 3.63) is 24.3 Å². The van der Waals surface area contributed by atoms with Gasteiger partial charge in [0.25, 0.3) is 7.82 Å². The lowest BCUT2D eigenvalue weighted by atomic mass is 10.0. The quantitative estimate of drug-likeness (QED) is 0.157. The molecular weight excluding hydrogens is 489 g/mol. The van der Waals surface area contributed by atoms with Gasteiger partial charge in [-0.1, -0.05) is 82.1 Å². The summed E-state index contributed by atoms with van der Waals surface area (Å²) >= 11 is 0. The van der Waals surface area contributed by atoms with E-state index in [1.807, 2.05) is 34.1 Å². The van der Waals surface area contributed by atoms with Crippen LogP contribution in [0.3, 0.4) is 0 Å². The topological polar surface area (TPSA) is 84.9 Å². The highest BCUT2D eigenvalue weighted by molar-refractivity contribution is 7.45. The fourth-order valence-corrected chi connectivity index (χ4v) is 5.13. The monoisotopic (exact) mass is 543 g/mol. The molecule has 0 aromatic rings. The minimum atomic E-state index is -4.51. The number of rotatable bonds is 6. The smallest absolute Gasteiger partial charge is 0.308 e. The SMILES string of the molecule is CC1C/C=C/CC/C=C\CCCCCCCCCCCCC(OP(=O)([O-])OCC[N+](C)(C)C)CC(=O)O1. The number of hydrogen-bond acceptors (Lipinski definition) is 6. The van der Waals surface area contributed by atoms with Gasteiger partial charge in [-0.05, 0) is 39.0 Å². The van der Waals surface area contributed by atoms with E-state index in [4.69, 9.17) is 13.8 Å². The van der Waals surface area contributed by atoms with Gasteiger partial charge in [-0.2, -0.15) is 0 Å². The lowest BCUT2D eigenvalue weighted by Gasteiger charge is -2.30. The lowest BCUT2D eigenvalue weighted by molar-refractivity contribution is -0.870. The van der Waals surface area contributed by atoms with Crippen LogP contribution in [0.5, 0.6) is 0 Å². The van der Waals surface area contributed by atoms with Crippen LogP contribution in [-0.4, -0.2) is 57.0 Å². The van der Waals surface area contributed by atoms with Crippen molar-refractivity contribution < 1.29 is 32.5 Å². The lowest BCUT2D eigenvalue weighted by Crippen LogP contribution is -2.37. The predicted octanol–water partition coefficient (Wildman–Crippen LogP) is 6.86. The van der Waals surface area contributed by atoms with Gasteiger partial charge in [0.1, 0.15) is 19.3 Å². The van der Waals surface area contributed by atoms with Crippen LogP contribution in [0.4, 0.5) is 0 Å². The average molecular weight is 544 g/mol. The molecule has 0 amide bonds. The van der Waals surface area contributed by atoms with E-state index in [0.29, 0.717) is 23.9 Å². The van der Waals surface area contributed by atoms with Crippen LogP contribution in [-0.2, 0) is 23.1 Å². The number of hydrogen-bond donors (Lipinski definition) is 0. The number of carbonyl (C=O) groups excluding carboxylic acids is 1. The molecule has 1 aliphatic heterocycles. The molecule has 37 heavy (non-hydrogen) atoms. The fraction of sp³-hybridized carbons (Fsp3) is 0.828. The molecule has 0 fully saturated rings. The van der Waals surface area contributed by atoms with Crippen LogP contribution >= 0.6 is 7.82 Å². The Labute approximate surface area is 226 Å². The summed E-state index contributed by atoms with van der Waals surface area (Å²) in [6.45, 7) is 2.43. The summed E-state index contributed by atoms with van der Waals surface area (Å²) in [6.07, 6.45) is 23.7. The molecule has 0 N–H and O–H groups in total. The Morgan fingerprint density at radius 3 is 2.05 bits per heavy atom. The Morgan fingerprint density at radius 2 is 1.43 bits per heavy atom. The summed E-state index contributed by atoms with van der Waals surface area (Å²) in [5, 5.41) is 0. The summed E-state index contributed by atoms with van der Waals surface area (Å²) in [6, 6.07) is 0. The average Bonchev–Trinajstić information content (AvgIpc) is 2.78. The van der Waals surface area contributed by atoms with Gasteiger partial charge in [-0.15, -0.1) is 0 Å². The number of nitrogens with zero attached hydrogens (tertiary/aromatic N) is 1. The first kappa shape index (κ1) is 34.0. The van der Waals surface area contributed by atoms with E-state index >= 15 is 0 Å². The van der Waals surface area contributed by atoms with E-state index in [-0.39, 0.29) is 19.1 Å². The molecule has 1 heterocycles. The van der Waals surface area contributed by atoms with Crippen molar-refractivity contribution in [3.8, 4) is 0 Å². The number of allylic oxidation sites excluding steroid dienone is 3. The van der Waals surface area contributed by atoms with Gasteiger partial charge in [-0.3, -0.25) is 9.36 Å². The Bertz CT molecular complexity index is 703. The van der Waals surface area contributed by atoms with Crippen molar-refractivity contribution >= 4 is 13.8 Å². The van der Waals surface area contributed by atoms with Gasteiger partial charge in [-0.25, -0.2) is 0 Å². The summed E-state index contributed by atoms with van der Waals surface area (Å²) in [7, 11) is 1.37. The molecule has 0 saturated carbocycles. The molecule has 0 spiro atoms. The maximum absolute atomic E-state index is 12.6. The number of ether oxygens (including phenoxy) is 1. The highest BCUT2D eigenvalue weighted by atomic mass is 31.2. The number of phosphoric acid groups is 1. The number of esters is 1. The molecule has 3 unspecified atom stereocenters. The van der Waals surface area contributed by atoms with E-state index in [2.05, 4.69) is 18.2 Å². The van der Waals surface area contributed by atoms with Gasteiger partial charge < -0.3 is 23.2 Å². The predicted molar refractivity (Wildman–Crippen MR) is 149 cm³/mol. The van der Waals surface area contributed by atoms with Gasteiger partial charge in [0.2, 0.25) is 0 Å². The van der Waals surface area contributed by atoms with Crippen molar-refractivity contribution in [2.24, 2.45) is 0 Å². The molecule has 0 saturated heterocycles. The number of carbonyl (C=O) groups is 1. The first-order valence-electron chi connectivity index (χ1n) is 14.5. The van der Waals surface area contributed by atoms with Crippen LogP contribution in [0.15, 0.2) is 24.3 Å². The van der Waals surface area contributed by atoms with Gasteiger partial charge in [0, 0.05) is 6.42 Å². The summed E-state index contributed by atoms with van der Waals surface area (Å²) in [5.41, 5.74) is 0. The summed E-state index contributed by atoms with van der Waals surface area (Å²) in [5.74, 6) is -0.436. The third-order valence-electron chi connectivity index (χ3n) is 6.46. The second-order valence-corrected chi connectivity index (χ2v) is 12.8. The molecule has 0 bridgehead atoms. The Kier molecular flexibility index (Phi) is 18.4. The van der Waals surface area contributed by atoms with Crippen molar-refractivity contribution in [2.45, 2.75) is 122 Å². The number of cyclic esters (lactones) is 1. The highest BCUT2D eigenvalue weighted by Crippen LogP contribution is 2.41. The molecule has 0 aromatic heterocycles. The fourth-order valence-electron chi connectivity index (χ4n) is 4.22. The van der Waals surface area contributed by atoms with Crippen LogP contribution in [0.1, 0.15) is 110 Å². The van der Waals surface area contributed by atoms with E-state index in [1.165, 1.54) is 51.4 Å². The summed E-state index contributed by atoms with van der Waals surface area (Å²) in [4.78, 5) is 25.0. The second-order valence-electron chi connectivity index (χ2n) is 11.4. The first-order chi connectivity index (χ1) is 17.6. The van der Waals surface area contributed by atoms with Crippen LogP contribution in [0.2, 0.25) is 0 Å². The maximum atomic E-state index is 12.6. The highest BCUT2D eigenvalue weighted by Gasteiger charge is 2.23. The molecule has 216 valence electrons. The van der Waals surface area contributed by atoms with Crippen LogP contribution in [0.25, 0.3) is 0 Å². The third-order valence-corrected chi connectivity index (χ3v) is 7.52. The van der Waals surface area contributed by atoms with E-state index in [9.17, 15) is 14.3 Å². The molecule has 8 heteroatoms. The Hall–Kier alpha value is -0.980. The zero-order valence-corrected chi connectivity index (χ0v) is 24.9. The molecule has 0 radical (unpaired) electrons. The Balaban J connectivity index is 2.65.